The minimum atomic E-state index is -0.219. The van der Waals surface area contributed by atoms with E-state index in [0.717, 1.165) is 28.5 Å². The molecule has 0 saturated carbocycles. The maximum absolute atomic E-state index is 12.9. The third-order valence-corrected chi connectivity index (χ3v) is 3.45. The molecule has 0 aliphatic heterocycles. The molecule has 1 nitrogen and oxygen atoms in total. The molecule has 1 unspecified atom stereocenters. The molecule has 2 rings (SSSR count). The first-order valence-electron chi connectivity index (χ1n) is 4.93. The minimum Gasteiger partial charge on any atom is -0.461 e. The van der Waals surface area contributed by atoms with Crippen molar-refractivity contribution >= 4 is 26.9 Å². The molecule has 0 saturated heterocycles. The Balaban J connectivity index is 2.30. The number of benzene rings is 1. The lowest BCUT2D eigenvalue weighted by molar-refractivity contribution is 0.504. The molecule has 1 heterocycles. The molecule has 0 N–H and O–H groups in total. The Bertz CT molecular complexity index is 464. The molecule has 0 spiro atoms. The number of rotatable bonds is 3. The van der Waals surface area contributed by atoms with Crippen LogP contribution in [0.25, 0.3) is 11.0 Å². The summed E-state index contributed by atoms with van der Waals surface area (Å²) < 4.78 is 18.5. The summed E-state index contributed by atoms with van der Waals surface area (Å²) in [7, 11) is 0. The molecule has 1 aromatic heterocycles. The smallest absolute Gasteiger partial charge is 0.134 e. The van der Waals surface area contributed by atoms with Crippen LogP contribution in [0.15, 0.2) is 28.7 Å². The molecule has 0 aliphatic carbocycles. The molecule has 15 heavy (non-hydrogen) atoms. The van der Waals surface area contributed by atoms with Crippen LogP contribution in [-0.2, 0) is 6.42 Å². The van der Waals surface area contributed by atoms with Crippen molar-refractivity contribution in [3.8, 4) is 0 Å². The lowest BCUT2D eigenvalue weighted by Gasteiger charge is -2.02. The third-order valence-electron chi connectivity index (χ3n) is 2.34. The van der Waals surface area contributed by atoms with E-state index in [9.17, 15) is 4.39 Å². The van der Waals surface area contributed by atoms with E-state index >= 15 is 0 Å². The van der Waals surface area contributed by atoms with Gasteiger partial charge in [0.25, 0.3) is 0 Å². The summed E-state index contributed by atoms with van der Waals surface area (Å²) in [4.78, 5) is 0. The molecule has 0 bridgehead atoms. The van der Waals surface area contributed by atoms with Gasteiger partial charge in [0.05, 0.1) is 0 Å². The van der Waals surface area contributed by atoms with Gasteiger partial charge in [-0.05, 0) is 30.2 Å². The number of furan rings is 1. The molecular formula is C12H12BrFO. The second kappa shape index (κ2) is 4.35. The monoisotopic (exact) mass is 270 g/mol. The van der Waals surface area contributed by atoms with Gasteiger partial charge in [0.15, 0.2) is 0 Å². The van der Waals surface area contributed by atoms with Crippen molar-refractivity contribution in [2.45, 2.75) is 13.3 Å². The maximum Gasteiger partial charge on any atom is 0.134 e. The molecule has 80 valence electrons. The first-order valence-corrected chi connectivity index (χ1v) is 6.05. The van der Waals surface area contributed by atoms with Gasteiger partial charge in [0.2, 0.25) is 0 Å². The fourth-order valence-corrected chi connectivity index (χ4v) is 1.80. The number of hydrogen-bond donors (Lipinski definition) is 0. The zero-order valence-electron chi connectivity index (χ0n) is 8.47. The van der Waals surface area contributed by atoms with Gasteiger partial charge in [-0.1, -0.05) is 22.9 Å². The molecule has 3 heteroatoms. The predicted octanol–water partition coefficient (Wildman–Crippen LogP) is 4.15. The maximum atomic E-state index is 12.9. The van der Waals surface area contributed by atoms with Crippen molar-refractivity contribution < 1.29 is 8.81 Å². The molecule has 0 fully saturated rings. The second-order valence-electron chi connectivity index (χ2n) is 3.86. The van der Waals surface area contributed by atoms with Crippen LogP contribution < -0.4 is 0 Å². The summed E-state index contributed by atoms with van der Waals surface area (Å²) >= 11 is 3.43. The van der Waals surface area contributed by atoms with Crippen LogP contribution in [0, 0.1) is 11.7 Å². The normalized spacial score (nSPS) is 13.3. The van der Waals surface area contributed by atoms with Crippen LogP contribution >= 0.6 is 15.9 Å². The van der Waals surface area contributed by atoms with Crippen molar-refractivity contribution in [3.05, 3.63) is 35.8 Å². The van der Waals surface area contributed by atoms with E-state index in [1.165, 1.54) is 12.1 Å². The summed E-state index contributed by atoms with van der Waals surface area (Å²) in [6.07, 6.45) is 0.877. The number of fused-ring (bicyclic) bond motifs is 1. The zero-order valence-corrected chi connectivity index (χ0v) is 10.1. The molecule has 0 amide bonds. The summed E-state index contributed by atoms with van der Waals surface area (Å²) in [5.74, 6) is 1.22. The number of hydrogen-bond acceptors (Lipinski definition) is 1. The quantitative estimate of drug-likeness (QED) is 0.764. The molecule has 1 aromatic carbocycles. The molecular weight excluding hydrogens is 259 g/mol. The van der Waals surface area contributed by atoms with Crippen molar-refractivity contribution in [3.63, 3.8) is 0 Å². The first kappa shape index (κ1) is 10.7. The predicted molar refractivity (Wildman–Crippen MR) is 62.8 cm³/mol. The molecule has 0 radical (unpaired) electrons. The average Bonchev–Trinajstić information content (AvgIpc) is 2.59. The van der Waals surface area contributed by atoms with Gasteiger partial charge < -0.3 is 4.42 Å². The summed E-state index contributed by atoms with van der Waals surface area (Å²) in [6.45, 7) is 2.14. The van der Waals surface area contributed by atoms with Gasteiger partial charge >= 0.3 is 0 Å². The minimum absolute atomic E-state index is 0.219. The van der Waals surface area contributed by atoms with Crippen LogP contribution in [0.3, 0.4) is 0 Å². The summed E-state index contributed by atoms with van der Waals surface area (Å²) in [5.41, 5.74) is 0.758. The van der Waals surface area contributed by atoms with Crippen molar-refractivity contribution in [1.82, 2.24) is 0 Å². The highest BCUT2D eigenvalue weighted by Crippen LogP contribution is 2.22. The van der Waals surface area contributed by atoms with E-state index in [1.807, 2.05) is 6.07 Å². The number of alkyl halides is 1. The van der Waals surface area contributed by atoms with Crippen LogP contribution in [0.1, 0.15) is 12.7 Å². The highest BCUT2D eigenvalue weighted by Gasteiger charge is 2.08. The molecule has 1 atom stereocenters. The Hall–Kier alpha value is -0.830. The highest BCUT2D eigenvalue weighted by atomic mass is 79.9. The van der Waals surface area contributed by atoms with Crippen LogP contribution in [0.2, 0.25) is 0 Å². The lowest BCUT2D eigenvalue weighted by atomic mass is 10.1. The fourth-order valence-electron chi connectivity index (χ4n) is 1.57. The van der Waals surface area contributed by atoms with Crippen LogP contribution in [0.4, 0.5) is 4.39 Å². The lowest BCUT2D eigenvalue weighted by Crippen LogP contribution is -1.98. The van der Waals surface area contributed by atoms with Crippen molar-refractivity contribution in [1.29, 1.82) is 0 Å². The van der Waals surface area contributed by atoms with Crippen molar-refractivity contribution in [2.24, 2.45) is 5.92 Å². The average molecular weight is 271 g/mol. The summed E-state index contributed by atoms with van der Waals surface area (Å²) in [5, 5.41) is 1.78. The Morgan fingerprint density at radius 2 is 2.20 bits per heavy atom. The van der Waals surface area contributed by atoms with Crippen LogP contribution in [0.5, 0.6) is 0 Å². The van der Waals surface area contributed by atoms with Gasteiger partial charge in [-0.3, -0.25) is 0 Å². The van der Waals surface area contributed by atoms with E-state index in [-0.39, 0.29) is 5.82 Å². The summed E-state index contributed by atoms with van der Waals surface area (Å²) in [6, 6.07) is 6.51. The van der Waals surface area contributed by atoms with E-state index in [4.69, 9.17) is 4.42 Å². The Morgan fingerprint density at radius 3 is 2.93 bits per heavy atom. The Kier molecular flexibility index (Phi) is 3.10. The Labute approximate surface area is 96.4 Å². The van der Waals surface area contributed by atoms with Gasteiger partial charge in [0, 0.05) is 17.1 Å². The van der Waals surface area contributed by atoms with E-state index in [0.29, 0.717) is 5.92 Å². The SMILES string of the molecule is CC(CBr)Cc1cc2cc(F)ccc2o1. The van der Waals surface area contributed by atoms with Gasteiger partial charge in [-0.15, -0.1) is 0 Å². The largest absolute Gasteiger partial charge is 0.461 e. The second-order valence-corrected chi connectivity index (χ2v) is 4.51. The topological polar surface area (TPSA) is 13.1 Å². The van der Waals surface area contributed by atoms with E-state index in [2.05, 4.69) is 22.9 Å². The standard InChI is InChI=1S/C12H12BrFO/c1-8(7-13)4-11-6-9-5-10(14)2-3-12(9)15-11/h2-3,5-6,8H,4,7H2,1H3. The van der Waals surface area contributed by atoms with E-state index in [1.54, 1.807) is 6.07 Å². The van der Waals surface area contributed by atoms with Gasteiger partial charge in [-0.25, -0.2) is 4.39 Å². The van der Waals surface area contributed by atoms with Gasteiger partial charge in [0.1, 0.15) is 17.2 Å². The number of halogens is 2. The van der Waals surface area contributed by atoms with Gasteiger partial charge in [-0.2, -0.15) is 0 Å². The molecule has 0 aliphatic rings. The molecule has 2 aromatic rings. The van der Waals surface area contributed by atoms with Crippen molar-refractivity contribution in [2.75, 3.05) is 5.33 Å². The third kappa shape index (κ3) is 2.40. The first-order chi connectivity index (χ1) is 7.19. The zero-order chi connectivity index (χ0) is 10.8. The Morgan fingerprint density at radius 1 is 1.40 bits per heavy atom. The van der Waals surface area contributed by atoms with Crippen LogP contribution in [-0.4, -0.2) is 5.33 Å². The van der Waals surface area contributed by atoms with E-state index < -0.39 is 0 Å². The highest BCUT2D eigenvalue weighted by molar-refractivity contribution is 9.09. The fraction of sp³-hybridized carbons (Fsp3) is 0.333.